The van der Waals surface area contributed by atoms with E-state index in [0.717, 1.165) is 50.4 Å². The highest BCUT2D eigenvalue weighted by atomic mass is 15.0. The van der Waals surface area contributed by atoms with Crippen LogP contribution in [0.25, 0.3) is 84.6 Å². The molecule has 0 saturated carbocycles. The quantitative estimate of drug-likeness (QED) is 0.171. The van der Waals surface area contributed by atoms with E-state index in [0.29, 0.717) is 28.6 Å². The van der Waals surface area contributed by atoms with Crippen LogP contribution < -0.4 is 0 Å². The first-order chi connectivity index (χ1) is 27.3. The van der Waals surface area contributed by atoms with Crippen LogP contribution in [0.2, 0.25) is 0 Å². The standard InChI is InChI=1S/C46H31N5/c1-5-16-32(17-6-1)38-29-39(31-40(30-38)46-49-44(34-20-9-3-10-21-34)48-45(50-46)35-22-11-4-12-23-35)36-24-15-25-37(28-36)43-42(33-18-7-2-8-19-33)47-41-26-13-14-27-51(41)43/h1-31H/i1D,5D,6D,16D,17D. The lowest BCUT2D eigenvalue weighted by Gasteiger charge is -2.13. The molecule has 0 radical (unpaired) electrons. The summed E-state index contributed by atoms with van der Waals surface area (Å²) >= 11 is 0. The first-order valence-electron chi connectivity index (χ1n) is 19.1. The third-order valence-corrected chi connectivity index (χ3v) is 8.73. The fourth-order valence-electron chi connectivity index (χ4n) is 6.31. The zero-order chi connectivity index (χ0) is 38.3. The Morgan fingerprint density at radius 3 is 1.51 bits per heavy atom. The lowest BCUT2D eigenvalue weighted by atomic mass is 9.94. The Hall–Kier alpha value is -6.98. The molecule has 6 aromatic carbocycles. The highest BCUT2D eigenvalue weighted by Crippen LogP contribution is 2.37. The van der Waals surface area contributed by atoms with Crippen molar-refractivity contribution in [3.05, 3.63) is 188 Å². The van der Waals surface area contributed by atoms with Crippen LogP contribution >= 0.6 is 0 Å². The Morgan fingerprint density at radius 2 is 0.863 bits per heavy atom. The van der Waals surface area contributed by atoms with E-state index in [4.69, 9.17) is 26.8 Å². The van der Waals surface area contributed by atoms with Crippen LogP contribution in [0.3, 0.4) is 0 Å². The fraction of sp³-hybridized carbons (Fsp3) is 0. The van der Waals surface area contributed by atoms with Crippen LogP contribution in [0.1, 0.15) is 6.85 Å². The molecule has 0 bridgehead atoms. The average molecular weight is 659 g/mol. The second-order valence-corrected chi connectivity index (χ2v) is 12.0. The maximum Gasteiger partial charge on any atom is 0.164 e. The summed E-state index contributed by atoms with van der Waals surface area (Å²) in [4.78, 5) is 19.8. The molecule has 0 aliphatic rings. The van der Waals surface area contributed by atoms with Gasteiger partial charge < -0.3 is 0 Å². The van der Waals surface area contributed by atoms with E-state index in [9.17, 15) is 0 Å². The minimum absolute atomic E-state index is 0.0871. The van der Waals surface area contributed by atoms with E-state index >= 15 is 0 Å². The Bertz CT molecular complexity index is 2830. The summed E-state index contributed by atoms with van der Waals surface area (Å²) in [6.07, 6.45) is 2.00. The van der Waals surface area contributed by atoms with Gasteiger partial charge in [0.15, 0.2) is 17.5 Å². The Morgan fingerprint density at radius 1 is 0.373 bits per heavy atom. The molecule has 3 heterocycles. The van der Waals surface area contributed by atoms with Crippen molar-refractivity contribution in [3.8, 4) is 78.9 Å². The highest BCUT2D eigenvalue weighted by molar-refractivity contribution is 5.86. The van der Waals surface area contributed by atoms with Crippen molar-refractivity contribution in [2.24, 2.45) is 0 Å². The van der Waals surface area contributed by atoms with Crippen molar-refractivity contribution in [2.45, 2.75) is 0 Å². The molecule has 0 spiro atoms. The number of hydrogen-bond acceptors (Lipinski definition) is 4. The summed E-state index contributed by atoms with van der Waals surface area (Å²) < 4.78 is 45.1. The SMILES string of the molecule is [2H]c1c([2H])c([2H])c(-c2cc(-c3cccc(-c4c(-c5ccccc5)nc5ccccn45)c3)cc(-c3nc(-c4ccccc4)nc(-c4ccccc4)n3)c2)c([2H])c1[2H]. The number of pyridine rings is 1. The molecule has 240 valence electrons. The predicted octanol–water partition coefficient (Wildman–Crippen LogP) is 11.2. The molecule has 9 aromatic rings. The number of aromatic nitrogens is 5. The third-order valence-electron chi connectivity index (χ3n) is 8.73. The Balaban J connectivity index is 1.29. The van der Waals surface area contributed by atoms with E-state index in [1.165, 1.54) is 0 Å². The van der Waals surface area contributed by atoms with Crippen molar-refractivity contribution in [2.75, 3.05) is 0 Å². The molecular formula is C46H31N5. The smallest absolute Gasteiger partial charge is 0.164 e. The first kappa shape index (κ1) is 25.1. The van der Waals surface area contributed by atoms with Crippen molar-refractivity contribution >= 4 is 5.65 Å². The molecule has 5 heteroatoms. The zero-order valence-corrected chi connectivity index (χ0v) is 27.2. The van der Waals surface area contributed by atoms with Gasteiger partial charge in [0, 0.05) is 34.0 Å². The minimum Gasteiger partial charge on any atom is -0.299 e. The lowest BCUT2D eigenvalue weighted by Crippen LogP contribution is -2.00. The summed E-state index contributed by atoms with van der Waals surface area (Å²) in [5.74, 6) is 1.33. The van der Waals surface area contributed by atoms with E-state index in [-0.39, 0.29) is 17.6 Å². The van der Waals surface area contributed by atoms with Gasteiger partial charge in [0.25, 0.3) is 0 Å². The molecule has 9 rings (SSSR count). The van der Waals surface area contributed by atoms with Gasteiger partial charge in [-0.05, 0) is 58.7 Å². The van der Waals surface area contributed by atoms with Crippen molar-refractivity contribution in [1.82, 2.24) is 24.3 Å². The summed E-state index contributed by atoms with van der Waals surface area (Å²) in [6, 6.07) is 47.3. The summed E-state index contributed by atoms with van der Waals surface area (Å²) in [5.41, 5.74) is 8.80. The monoisotopic (exact) mass is 658 g/mol. The molecule has 51 heavy (non-hydrogen) atoms. The first-order valence-corrected chi connectivity index (χ1v) is 16.6. The topological polar surface area (TPSA) is 56.0 Å². The molecule has 3 aromatic heterocycles. The number of rotatable bonds is 7. The van der Waals surface area contributed by atoms with Gasteiger partial charge in [-0.2, -0.15) is 0 Å². The number of imidazole rings is 1. The largest absolute Gasteiger partial charge is 0.299 e. The maximum atomic E-state index is 8.90. The summed E-state index contributed by atoms with van der Waals surface area (Å²) in [5, 5.41) is 0. The van der Waals surface area contributed by atoms with Gasteiger partial charge in [-0.15, -0.1) is 0 Å². The molecule has 0 amide bonds. The van der Waals surface area contributed by atoms with E-state index < -0.39 is 18.1 Å². The molecule has 0 aliphatic heterocycles. The van der Waals surface area contributed by atoms with Crippen molar-refractivity contribution < 1.29 is 6.85 Å². The van der Waals surface area contributed by atoms with E-state index in [2.05, 4.69) is 16.5 Å². The second kappa shape index (κ2) is 13.1. The maximum absolute atomic E-state index is 8.90. The third kappa shape index (κ3) is 5.98. The van der Waals surface area contributed by atoms with Gasteiger partial charge in [0.05, 0.1) is 18.2 Å². The van der Waals surface area contributed by atoms with Crippen LogP contribution in [-0.2, 0) is 0 Å². The predicted molar refractivity (Wildman–Crippen MR) is 207 cm³/mol. The average Bonchev–Trinajstić information content (AvgIpc) is 3.66. The van der Waals surface area contributed by atoms with Gasteiger partial charge in [0.2, 0.25) is 0 Å². The van der Waals surface area contributed by atoms with Gasteiger partial charge in [-0.3, -0.25) is 4.40 Å². The van der Waals surface area contributed by atoms with Gasteiger partial charge in [-0.1, -0.05) is 145 Å². The van der Waals surface area contributed by atoms with Crippen molar-refractivity contribution in [3.63, 3.8) is 0 Å². The fourth-order valence-corrected chi connectivity index (χ4v) is 6.31. The van der Waals surface area contributed by atoms with Crippen LogP contribution in [0, 0.1) is 0 Å². The zero-order valence-electron chi connectivity index (χ0n) is 32.2. The van der Waals surface area contributed by atoms with Gasteiger partial charge in [-0.25, -0.2) is 19.9 Å². The highest BCUT2D eigenvalue weighted by Gasteiger charge is 2.18. The number of benzene rings is 6. The molecular weight excluding hydrogens is 623 g/mol. The van der Waals surface area contributed by atoms with Crippen LogP contribution in [0.4, 0.5) is 0 Å². The van der Waals surface area contributed by atoms with Crippen molar-refractivity contribution in [1.29, 1.82) is 0 Å². The number of hydrogen-bond donors (Lipinski definition) is 0. The summed E-state index contributed by atoms with van der Waals surface area (Å²) in [6.45, 7) is 0. The van der Waals surface area contributed by atoms with Crippen LogP contribution in [0.15, 0.2) is 188 Å². The molecule has 0 atom stereocenters. The molecule has 0 fully saturated rings. The van der Waals surface area contributed by atoms with Gasteiger partial charge >= 0.3 is 0 Å². The lowest BCUT2D eigenvalue weighted by molar-refractivity contribution is 1.07. The Kier molecular flexibility index (Phi) is 6.46. The molecule has 0 N–H and O–H groups in total. The number of fused-ring (bicyclic) bond motifs is 1. The molecule has 0 aliphatic carbocycles. The van der Waals surface area contributed by atoms with E-state index in [1.807, 2.05) is 140 Å². The molecule has 0 saturated heterocycles. The summed E-state index contributed by atoms with van der Waals surface area (Å²) in [7, 11) is 0. The number of nitrogens with zero attached hydrogens (tertiary/aromatic N) is 5. The van der Waals surface area contributed by atoms with Crippen LogP contribution in [-0.4, -0.2) is 24.3 Å². The van der Waals surface area contributed by atoms with Crippen LogP contribution in [0.5, 0.6) is 0 Å². The van der Waals surface area contributed by atoms with Gasteiger partial charge in [0.1, 0.15) is 5.65 Å². The molecule has 5 nitrogen and oxygen atoms in total. The Labute approximate surface area is 303 Å². The van der Waals surface area contributed by atoms with E-state index in [1.54, 1.807) is 6.07 Å². The normalized spacial score (nSPS) is 12.5. The second-order valence-electron chi connectivity index (χ2n) is 12.0. The molecule has 0 unspecified atom stereocenters. The minimum atomic E-state index is -0.451.